The molecule has 5 fully saturated rings. The highest BCUT2D eigenvalue weighted by Crippen LogP contribution is 2.68. The third kappa shape index (κ3) is 4.79. The molecule has 4 saturated carbocycles. The van der Waals surface area contributed by atoms with Crippen molar-refractivity contribution in [1.29, 1.82) is 0 Å². The molecule has 10 atom stereocenters. The highest BCUT2D eigenvalue weighted by molar-refractivity contribution is 7.83. The van der Waals surface area contributed by atoms with E-state index in [2.05, 4.69) is 20.8 Å². The highest BCUT2D eigenvalue weighted by atomic mass is 32.2. The molecule has 1 amide bonds. The average molecular weight is 540 g/mol. The Balaban J connectivity index is 1.21. The van der Waals surface area contributed by atoms with Crippen LogP contribution in [0.3, 0.4) is 0 Å². The largest absolute Gasteiger partial charge is 0.735 e. The molecule has 1 aliphatic heterocycles. The maximum Gasteiger partial charge on any atom is 0.222 e. The van der Waals surface area contributed by atoms with E-state index in [4.69, 9.17) is 0 Å². The number of rotatable bonds is 5. The molecule has 5 aliphatic rings. The van der Waals surface area contributed by atoms with E-state index in [0.717, 1.165) is 49.3 Å². The molecule has 2 N–H and O–H groups in total. The van der Waals surface area contributed by atoms with Crippen LogP contribution in [-0.4, -0.2) is 76.7 Å². The van der Waals surface area contributed by atoms with Crippen LogP contribution in [0.4, 0.5) is 0 Å². The van der Waals surface area contributed by atoms with Crippen LogP contribution >= 0.6 is 0 Å². The van der Waals surface area contributed by atoms with E-state index in [-0.39, 0.29) is 55.1 Å². The van der Waals surface area contributed by atoms with Gasteiger partial charge in [-0.1, -0.05) is 20.8 Å². The van der Waals surface area contributed by atoms with Crippen molar-refractivity contribution in [2.75, 3.05) is 26.2 Å². The van der Waals surface area contributed by atoms with Crippen molar-refractivity contribution in [1.82, 2.24) is 9.21 Å². The summed E-state index contributed by atoms with van der Waals surface area (Å²) < 4.78 is 34.6. The minimum absolute atomic E-state index is 0.0319. The Bertz CT molecular complexity index is 968. The zero-order valence-corrected chi connectivity index (χ0v) is 23.7. The molecule has 8 nitrogen and oxygen atoms in total. The lowest BCUT2D eigenvalue weighted by Gasteiger charge is -2.62. The van der Waals surface area contributed by atoms with E-state index in [1.165, 1.54) is 12.8 Å². The van der Waals surface area contributed by atoms with Gasteiger partial charge < -0.3 is 19.7 Å². The molecule has 0 spiro atoms. The number of hydrogen-bond donors (Lipinski definition) is 2. The van der Waals surface area contributed by atoms with E-state index in [9.17, 15) is 28.0 Å². The summed E-state index contributed by atoms with van der Waals surface area (Å²) in [5.74, 6) is 3.04. The summed E-state index contributed by atoms with van der Waals surface area (Å²) in [5, 5.41) is 22.0. The van der Waals surface area contributed by atoms with Gasteiger partial charge in [0.25, 0.3) is 0 Å². The molecule has 1 saturated heterocycles. The molecule has 0 aromatic rings. The fraction of sp³-hybridized carbons (Fsp3) is 0.964. The van der Waals surface area contributed by atoms with Crippen LogP contribution < -0.4 is 0 Å². The smallest absolute Gasteiger partial charge is 0.222 e. The topological polar surface area (TPSA) is 121 Å². The normalized spacial score (nSPS) is 45.6. The molecule has 0 aromatic carbocycles. The standard InChI is InChI=1S/C28H48N2O6S/c1-18(4-9-26(33)29-12-14-30(15-13-29)37(34,35)36)22-7-8-23-21-6-5-19-16-20(31)10-11-27(19,2)24(21)17-25(32)28(22,23)3/h18-25,31-32H,4-17H2,1-3H3,(H,34,35,36)/p-1/t18-,19-,20-,21+,22-,23+,24+,25+,27+,28-/m1/s1. The SMILES string of the molecule is C[C@H](CCC(=O)N1CCN(S(=O)(=O)[O-])CC1)[C@H]1CC[C@H]2[C@@H]3CC[C@@H]4C[C@H](O)CC[C@]4(C)[C@H]3C[C@H](O)[C@]12C. The van der Waals surface area contributed by atoms with Gasteiger partial charge in [-0.25, -0.2) is 12.7 Å². The van der Waals surface area contributed by atoms with Gasteiger partial charge in [-0.3, -0.25) is 4.79 Å². The van der Waals surface area contributed by atoms with Gasteiger partial charge >= 0.3 is 0 Å². The Labute approximate surface area is 223 Å². The number of piperazine rings is 1. The Kier molecular flexibility index (Phi) is 7.53. The van der Waals surface area contributed by atoms with Gasteiger partial charge in [-0.05, 0) is 104 Å². The Hall–Kier alpha value is -0.740. The van der Waals surface area contributed by atoms with Crippen molar-refractivity contribution in [2.45, 2.75) is 97.2 Å². The molecule has 0 unspecified atom stereocenters. The first-order chi connectivity index (χ1) is 17.4. The average Bonchev–Trinajstić information content (AvgIpc) is 3.22. The monoisotopic (exact) mass is 539 g/mol. The van der Waals surface area contributed by atoms with Crippen LogP contribution in [0.1, 0.15) is 85.0 Å². The molecule has 0 aromatic heterocycles. The fourth-order valence-electron chi connectivity index (χ4n) is 10.0. The number of carbonyl (C=O) groups is 1. The van der Waals surface area contributed by atoms with E-state index in [1.807, 2.05) is 0 Å². The van der Waals surface area contributed by atoms with Crippen molar-refractivity contribution >= 4 is 16.2 Å². The number of carbonyl (C=O) groups excluding carboxylic acids is 1. The lowest BCUT2D eigenvalue weighted by Crippen LogP contribution is -2.58. The van der Waals surface area contributed by atoms with Gasteiger partial charge in [0.05, 0.1) is 12.2 Å². The van der Waals surface area contributed by atoms with Gasteiger partial charge in [0, 0.05) is 32.6 Å². The first kappa shape index (κ1) is 27.8. The van der Waals surface area contributed by atoms with E-state index >= 15 is 0 Å². The van der Waals surface area contributed by atoms with Gasteiger partial charge in [0.15, 0.2) is 10.3 Å². The summed E-state index contributed by atoms with van der Waals surface area (Å²) in [6.07, 6.45) is 9.16. The quantitative estimate of drug-likeness (QED) is 0.518. The van der Waals surface area contributed by atoms with Gasteiger partial charge in [0.2, 0.25) is 5.91 Å². The van der Waals surface area contributed by atoms with Crippen molar-refractivity contribution in [3.05, 3.63) is 0 Å². The summed E-state index contributed by atoms with van der Waals surface area (Å²) in [6, 6.07) is 0. The fourth-order valence-corrected chi connectivity index (χ4v) is 10.6. The van der Waals surface area contributed by atoms with Gasteiger partial charge in [-0.2, -0.15) is 0 Å². The summed E-state index contributed by atoms with van der Waals surface area (Å²) in [6.45, 7) is 7.71. The number of hydrogen-bond acceptors (Lipinski definition) is 6. The number of amides is 1. The molecule has 4 aliphatic carbocycles. The highest BCUT2D eigenvalue weighted by Gasteiger charge is 2.63. The number of aliphatic hydroxyl groups is 2. The Morgan fingerprint density at radius 3 is 2.38 bits per heavy atom. The van der Waals surface area contributed by atoms with Crippen LogP contribution in [0.5, 0.6) is 0 Å². The zero-order valence-electron chi connectivity index (χ0n) is 22.8. The van der Waals surface area contributed by atoms with Crippen LogP contribution in [-0.2, 0) is 15.1 Å². The molecule has 5 rings (SSSR count). The number of fused-ring (bicyclic) bond motifs is 5. The maximum absolute atomic E-state index is 12.9. The minimum atomic E-state index is -4.45. The summed E-state index contributed by atoms with van der Waals surface area (Å²) in [5.41, 5.74) is 0.116. The summed E-state index contributed by atoms with van der Waals surface area (Å²) >= 11 is 0. The molecule has 212 valence electrons. The van der Waals surface area contributed by atoms with Crippen LogP contribution in [0, 0.1) is 46.3 Å². The van der Waals surface area contributed by atoms with Crippen LogP contribution in [0.25, 0.3) is 0 Å². The van der Waals surface area contributed by atoms with Crippen LogP contribution in [0.15, 0.2) is 0 Å². The minimum Gasteiger partial charge on any atom is -0.735 e. The molecule has 0 radical (unpaired) electrons. The zero-order chi connectivity index (χ0) is 26.8. The number of aliphatic hydroxyl groups excluding tert-OH is 2. The third-order valence-corrected chi connectivity index (χ3v) is 13.2. The van der Waals surface area contributed by atoms with Crippen LogP contribution in [0.2, 0.25) is 0 Å². The molecular formula is C28H47N2O6S-. The molecule has 1 heterocycles. The molecule has 9 heteroatoms. The second-order valence-electron chi connectivity index (χ2n) is 13.6. The lowest BCUT2D eigenvalue weighted by atomic mass is 9.43. The predicted molar refractivity (Wildman–Crippen MR) is 139 cm³/mol. The predicted octanol–water partition coefficient (Wildman–Crippen LogP) is 3.00. The third-order valence-electron chi connectivity index (χ3n) is 12.2. The van der Waals surface area contributed by atoms with E-state index in [1.54, 1.807) is 4.90 Å². The second kappa shape index (κ2) is 10.0. The Morgan fingerprint density at radius 2 is 1.70 bits per heavy atom. The van der Waals surface area contributed by atoms with E-state index in [0.29, 0.717) is 41.9 Å². The van der Waals surface area contributed by atoms with Crippen molar-refractivity contribution in [2.24, 2.45) is 46.3 Å². The summed E-state index contributed by atoms with van der Waals surface area (Å²) in [7, 11) is -4.45. The van der Waals surface area contributed by atoms with Crippen molar-refractivity contribution < 1.29 is 28.0 Å². The van der Waals surface area contributed by atoms with Crippen molar-refractivity contribution in [3.63, 3.8) is 0 Å². The Morgan fingerprint density at radius 1 is 1.00 bits per heavy atom. The first-order valence-electron chi connectivity index (χ1n) is 14.7. The second-order valence-corrected chi connectivity index (χ2v) is 15.0. The van der Waals surface area contributed by atoms with Crippen molar-refractivity contribution in [3.8, 4) is 0 Å². The molecule has 0 bridgehead atoms. The van der Waals surface area contributed by atoms with Gasteiger partial charge in [-0.15, -0.1) is 0 Å². The lowest BCUT2D eigenvalue weighted by molar-refractivity contribution is -0.175. The van der Waals surface area contributed by atoms with E-state index < -0.39 is 10.3 Å². The molecule has 37 heavy (non-hydrogen) atoms. The van der Waals surface area contributed by atoms with Gasteiger partial charge in [0.1, 0.15) is 0 Å². The first-order valence-corrected chi connectivity index (χ1v) is 16.1. The molecular weight excluding hydrogens is 492 g/mol. The maximum atomic E-state index is 12.9. The summed E-state index contributed by atoms with van der Waals surface area (Å²) in [4.78, 5) is 14.6. The number of nitrogens with zero attached hydrogens (tertiary/aromatic N) is 2.